The standard InChI is InChI=1S/C20H20ClN5O/c21-20-24-18(23-15(12-27)11-14-7-3-1-4-8-14)17-19(25-20)26(13-22-17)16-9-5-2-6-10-16/h1-10,13,15,18,23,27H,11-12H2,(H,24,25)/t15?,18-/m0/s1. The molecule has 0 amide bonds. The molecule has 3 N–H and O–H groups in total. The third-order valence-corrected chi connectivity index (χ3v) is 4.69. The van der Waals surface area contributed by atoms with Gasteiger partial charge in [-0.3, -0.25) is 9.88 Å². The molecule has 1 unspecified atom stereocenters. The summed E-state index contributed by atoms with van der Waals surface area (Å²) in [6.45, 7) is -0.00341. The lowest BCUT2D eigenvalue weighted by Gasteiger charge is -2.27. The molecule has 0 fully saturated rings. The first kappa shape index (κ1) is 17.7. The number of nitrogens with zero attached hydrogens (tertiary/aromatic N) is 3. The molecule has 1 aliphatic rings. The number of aliphatic hydroxyl groups is 1. The van der Waals surface area contributed by atoms with Gasteiger partial charge in [-0.05, 0) is 35.7 Å². The maximum atomic E-state index is 9.84. The topological polar surface area (TPSA) is 74.5 Å². The lowest BCUT2D eigenvalue weighted by Crippen LogP contribution is -2.45. The maximum Gasteiger partial charge on any atom is 0.199 e. The molecule has 0 spiro atoms. The number of benzene rings is 2. The Balaban J connectivity index is 1.59. The van der Waals surface area contributed by atoms with Gasteiger partial charge in [0.05, 0.1) is 6.61 Å². The van der Waals surface area contributed by atoms with Crippen LogP contribution in [0.5, 0.6) is 0 Å². The van der Waals surface area contributed by atoms with E-state index in [2.05, 4.69) is 20.6 Å². The summed E-state index contributed by atoms with van der Waals surface area (Å²) in [7, 11) is 0. The average Bonchev–Trinajstić information content (AvgIpc) is 3.13. The quantitative estimate of drug-likeness (QED) is 0.574. The first-order chi connectivity index (χ1) is 13.2. The van der Waals surface area contributed by atoms with Gasteiger partial charge in [-0.2, -0.15) is 4.99 Å². The van der Waals surface area contributed by atoms with Crippen LogP contribution in [0.4, 0.5) is 5.82 Å². The number of aromatic nitrogens is 2. The molecule has 1 aromatic heterocycles. The Bertz CT molecular complexity index is 926. The summed E-state index contributed by atoms with van der Waals surface area (Å²) < 4.78 is 1.90. The van der Waals surface area contributed by atoms with Crippen LogP contribution in [0, 0.1) is 0 Å². The number of hydrogen-bond acceptors (Lipinski definition) is 5. The van der Waals surface area contributed by atoms with Crippen LogP contribution in [0.15, 0.2) is 72.0 Å². The third kappa shape index (κ3) is 3.88. The Morgan fingerprint density at radius 1 is 1.11 bits per heavy atom. The van der Waals surface area contributed by atoms with E-state index in [0.717, 1.165) is 16.9 Å². The van der Waals surface area contributed by atoms with E-state index in [-0.39, 0.29) is 24.1 Å². The highest BCUT2D eigenvalue weighted by Crippen LogP contribution is 2.30. The number of aliphatic hydroxyl groups excluding tert-OH is 1. The SMILES string of the molecule is OCC(Cc1ccccc1)N[C@H]1NC(Cl)=Nc2c1ncn2-c1ccccc1. The largest absolute Gasteiger partial charge is 0.395 e. The van der Waals surface area contributed by atoms with Crippen molar-refractivity contribution in [3.8, 4) is 5.69 Å². The first-order valence-electron chi connectivity index (χ1n) is 8.79. The number of para-hydroxylation sites is 1. The second kappa shape index (κ2) is 7.92. The van der Waals surface area contributed by atoms with Crippen LogP contribution in [0.3, 0.4) is 0 Å². The van der Waals surface area contributed by atoms with Crippen molar-refractivity contribution in [1.29, 1.82) is 0 Å². The van der Waals surface area contributed by atoms with Crippen molar-refractivity contribution in [3.05, 3.63) is 78.2 Å². The molecular weight excluding hydrogens is 362 g/mol. The third-order valence-electron chi connectivity index (χ3n) is 4.49. The molecule has 1 aliphatic heterocycles. The Hall–Kier alpha value is -2.67. The van der Waals surface area contributed by atoms with E-state index < -0.39 is 0 Å². The van der Waals surface area contributed by atoms with Crippen molar-refractivity contribution in [2.24, 2.45) is 4.99 Å². The molecule has 2 atom stereocenters. The van der Waals surface area contributed by atoms with Crippen LogP contribution in [0.1, 0.15) is 17.4 Å². The first-order valence-corrected chi connectivity index (χ1v) is 9.16. The molecule has 3 aromatic rings. The number of halogens is 1. The van der Waals surface area contributed by atoms with Crippen LogP contribution in [-0.2, 0) is 6.42 Å². The number of nitrogens with one attached hydrogen (secondary N) is 2. The van der Waals surface area contributed by atoms with Crippen molar-refractivity contribution in [2.45, 2.75) is 18.6 Å². The van der Waals surface area contributed by atoms with E-state index >= 15 is 0 Å². The number of amidine groups is 1. The number of imidazole rings is 1. The van der Waals surface area contributed by atoms with Crippen LogP contribution in [0.25, 0.3) is 5.69 Å². The van der Waals surface area contributed by atoms with Crippen molar-refractivity contribution >= 4 is 22.7 Å². The number of fused-ring (bicyclic) bond motifs is 1. The zero-order valence-electron chi connectivity index (χ0n) is 14.6. The van der Waals surface area contributed by atoms with Crippen LogP contribution < -0.4 is 10.6 Å². The Morgan fingerprint density at radius 2 is 1.81 bits per heavy atom. The summed E-state index contributed by atoms with van der Waals surface area (Å²) in [5.41, 5.74) is 2.85. The predicted octanol–water partition coefficient (Wildman–Crippen LogP) is 2.89. The highest BCUT2D eigenvalue weighted by molar-refractivity contribution is 6.65. The number of rotatable bonds is 6. The molecule has 0 bridgehead atoms. The molecule has 27 heavy (non-hydrogen) atoms. The van der Waals surface area contributed by atoms with Gasteiger partial charge in [0.25, 0.3) is 0 Å². The number of hydrogen-bond donors (Lipinski definition) is 3. The van der Waals surface area contributed by atoms with E-state index in [0.29, 0.717) is 12.2 Å². The second-order valence-corrected chi connectivity index (χ2v) is 6.73. The minimum Gasteiger partial charge on any atom is -0.395 e. The summed E-state index contributed by atoms with van der Waals surface area (Å²) in [5, 5.41) is 16.6. The van der Waals surface area contributed by atoms with E-state index in [9.17, 15) is 5.11 Å². The van der Waals surface area contributed by atoms with Gasteiger partial charge in [-0.1, -0.05) is 48.5 Å². The molecule has 2 aromatic carbocycles. The van der Waals surface area contributed by atoms with Crippen LogP contribution in [-0.4, -0.2) is 32.6 Å². The smallest absolute Gasteiger partial charge is 0.199 e. The van der Waals surface area contributed by atoms with Gasteiger partial charge < -0.3 is 10.4 Å². The van der Waals surface area contributed by atoms with E-state index in [1.807, 2.05) is 65.2 Å². The highest BCUT2D eigenvalue weighted by atomic mass is 35.5. The van der Waals surface area contributed by atoms with Crippen molar-refractivity contribution < 1.29 is 5.11 Å². The van der Waals surface area contributed by atoms with E-state index in [1.54, 1.807) is 6.33 Å². The summed E-state index contributed by atoms with van der Waals surface area (Å²) in [6, 6.07) is 19.8. The van der Waals surface area contributed by atoms with Crippen molar-refractivity contribution in [1.82, 2.24) is 20.2 Å². The summed E-state index contributed by atoms with van der Waals surface area (Å²) >= 11 is 6.24. The molecule has 2 heterocycles. The van der Waals surface area contributed by atoms with Crippen LogP contribution >= 0.6 is 11.6 Å². The van der Waals surface area contributed by atoms with Gasteiger partial charge in [0.2, 0.25) is 0 Å². The maximum absolute atomic E-state index is 9.84. The Morgan fingerprint density at radius 3 is 2.52 bits per heavy atom. The van der Waals surface area contributed by atoms with Gasteiger partial charge >= 0.3 is 0 Å². The molecule has 4 rings (SSSR count). The molecule has 138 valence electrons. The summed E-state index contributed by atoms with van der Waals surface area (Å²) in [6.07, 6.45) is 2.09. The monoisotopic (exact) mass is 381 g/mol. The average molecular weight is 382 g/mol. The minimum absolute atomic E-state index is 0.00341. The van der Waals surface area contributed by atoms with Gasteiger partial charge in [-0.15, -0.1) is 0 Å². The normalized spacial score (nSPS) is 17.0. The zero-order chi connectivity index (χ0) is 18.6. The molecule has 0 radical (unpaired) electrons. The fraction of sp³-hybridized carbons (Fsp3) is 0.200. The molecule has 0 saturated carbocycles. The molecule has 0 saturated heterocycles. The summed E-state index contributed by atoms with van der Waals surface area (Å²) in [4.78, 5) is 8.95. The van der Waals surface area contributed by atoms with Crippen LogP contribution in [0.2, 0.25) is 0 Å². The molecular formula is C20H20ClN5O. The lowest BCUT2D eigenvalue weighted by molar-refractivity contribution is 0.226. The fourth-order valence-corrected chi connectivity index (χ4v) is 3.38. The fourth-order valence-electron chi connectivity index (χ4n) is 3.19. The molecule has 7 heteroatoms. The number of aliphatic imine (C=N–C) groups is 1. The van der Waals surface area contributed by atoms with Gasteiger partial charge in [-0.25, -0.2) is 4.98 Å². The predicted molar refractivity (Wildman–Crippen MR) is 107 cm³/mol. The van der Waals surface area contributed by atoms with Gasteiger partial charge in [0, 0.05) is 11.7 Å². The van der Waals surface area contributed by atoms with Crippen molar-refractivity contribution in [2.75, 3.05) is 6.61 Å². The molecule has 0 aliphatic carbocycles. The van der Waals surface area contributed by atoms with E-state index in [4.69, 9.17) is 11.6 Å². The van der Waals surface area contributed by atoms with Crippen molar-refractivity contribution in [3.63, 3.8) is 0 Å². The lowest BCUT2D eigenvalue weighted by atomic mass is 10.1. The summed E-state index contributed by atoms with van der Waals surface area (Å²) in [5.74, 6) is 0.679. The Labute approximate surface area is 162 Å². The molecule has 6 nitrogen and oxygen atoms in total. The Kier molecular flexibility index (Phi) is 5.20. The van der Waals surface area contributed by atoms with E-state index in [1.165, 1.54) is 0 Å². The second-order valence-electron chi connectivity index (χ2n) is 6.37. The minimum atomic E-state index is -0.337. The van der Waals surface area contributed by atoms with Gasteiger partial charge in [0.15, 0.2) is 11.1 Å². The highest BCUT2D eigenvalue weighted by Gasteiger charge is 2.28. The van der Waals surface area contributed by atoms with Gasteiger partial charge in [0.1, 0.15) is 18.2 Å². The zero-order valence-corrected chi connectivity index (χ0v) is 15.3.